The number of benzene rings is 1. The third-order valence-electron chi connectivity index (χ3n) is 3.84. The Labute approximate surface area is 133 Å². The van der Waals surface area contributed by atoms with Gasteiger partial charge in [-0.15, -0.1) is 0 Å². The molecule has 1 amide bonds. The largest absolute Gasteiger partial charge is 0.444 e. The van der Waals surface area contributed by atoms with Crippen molar-refractivity contribution in [3.63, 3.8) is 0 Å². The molecule has 0 aromatic heterocycles. The van der Waals surface area contributed by atoms with Crippen LogP contribution < -0.4 is 10.6 Å². The molecule has 122 valence electrons. The molecule has 0 radical (unpaired) electrons. The summed E-state index contributed by atoms with van der Waals surface area (Å²) < 4.78 is 5.42. The average molecular weight is 305 g/mol. The second kappa shape index (κ2) is 6.57. The van der Waals surface area contributed by atoms with Gasteiger partial charge in [0.05, 0.1) is 0 Å². The van der Waals surface area contributed by atoms with Crippen molar-refractivity contribution in [3.05, 3.63) is 29.3 Å². The number of aryl methyl sites for hydroxylation is 1. The Morgan fingerprint density at radius 1 is 1.23 bits per heavy atom. The van der Waals surface area contributed by atoms with Crippen molar-refractivity contribution in [1.82, 2.24) is 4.90 Å². The molecule has 0 atom stereocenters. The molecule has 1 aromatic rings. The van der Waals surface area contributed by atoms with E-state index >= 15 is 0 Å². The third-order valence-corrected chi connectivity index (χ3v) is 3.84. The van der Waals surface area contributed by atoms with Crippen LogP contribution in [0.4, 0.5) is 10.5 Å². The molecule has 0 saturated carbocycles. The maximum atomic E-state index is 12.1. The first-order valence-corrected chi connectivity index (χ1v) is 7.82. The molecule has 1 aromatic carbocycles. The van der Waals surface area contributed by atoms with E-state index in [4.69, 9.17) is 10.5 Å². The van der Waals surface area contributed by atoms with E-state index in [0.717, 1.165) is 13.1 Å². The van der Waals surface area contributed by atoms with Crippen LogP contribution in [0.1, 0.15) is 31.9 Å². The lowest BCUT2D eigenvalue weighted by Gasteiger charge is -2.37. The van der Waals surface area contributed by atoms with E-state index in [1.807, 2.05) is 20.8 Å². The van der Waals surface area contributed by atoms with Gasteiger partial charge in [-0.2, -0.15) is 0 Å². The summed E-state index contributed by atoms with van der Waals surface area (Å²) in [4.78, 5) is 16.1. The van der Waals surface area contributed by atoms with Crippen LogP contribution in [0.2, 0.25) is 0 Å². The lowest BCUT2D eigenvalue weighted by Crippen LogP contribution is -2.50. The van der Waals surface area contributed by atoms with Gasteiger partial charge in [-0.3, -0.25) is 0 Å². The molecule has 5 nitrogen and oxygen atoms in total. The van der Waals surface area contributed by atoms with Gasteiger partial charge in [0.15, 0.2) is 0 Å². The zero-order valence-electron chi connectivity index (χ0n) is 14.1. The maximum Gasteiger partial charge on any atom is 0.410 e. The van der Waals surface area contributed by atoms with E-state index in [0.29, 0.717) is 19.6 Å². The zero-order chi connectivity index (χ0) is 16.3. The van der Waals surface area contributed by atoms with Gasteiger partial charge in [0, 0.05) is 38.4 Å². The van der Waals surface area contributed by atoms with Gasteiger partial charge >= 0.3 is 6.09 Å². The van der Waals surface area contributed by atoms with Crippen LogP contribution in [-0.2, 0) is 11.3 Å². The minimum absolute atomic E-state index is 0.221. The predicted octanol–water partition coefficient (Wildman–Crippen LogP) is 2.51. The fourth-order valence-electron chi connectivity index (χ4n) is 2.58. The first kappa shape index (κ1) is 16.6. The van der Waals surface area contributed by atoms with Gasteiger partial charge in [0.2, 0.25) is 0 Å². The highest BCUT2D eigenvalue weighted by Gasteiger charge is 2.25. The summed E-state index contributed by atoms with van der Waals surface area (Å²) in [6.07, 6.45) is -0.221. The lowest BCUT2D eigenvalue weighted by atomic mass is 10.1. The predicted molar refractivity (Wildman–Crippen MR) is 89.1 cm³/mol. The van der Waals surface area contributed by atoms with E-state index in [-0.39, 0.29) is 6.09 Å². The maximum absolute atomic E-state index is 12.1. The van der Waals surface area contributed by atoms with Crippen LogP contribution >= 0.6 is 0 Å². The molecule has 5 heteroatoms. The molecule has 0 spiro atoms. The van der Waals surface area contributed by atoms with E-state index < -0.39 is 5.60 Å². The fourth-order valence-corrected chi connectivity index (χ4v) is 2.58. The molecule has 2 N–H and O–H groups in total. The monoisotopic (exact) mass is 305 g/mol. The van der Waals surface area contributed by atoms with Gasteiger partial charge in [0.1, 0.15) is 5.60 Å². The van der Waals surface area contributed by atoms with Crippen LogP contribution in [0.25, 0.3) is 0 Å². The number of piperazine rings is 1. The quantitative estimate of drug-likeness (QED) is 0.912. The van der Waals surface area contributed by atoms with E-state index in [1.54, 1.807) is 4.90 Å². The minimum atomic E-state index is -0.441. The molecule has 2 rings (SSSR count). The van der Waals surface area contributed by atoms with Crippen molar-refractivity contribution >= 4 is 11.8 Å². The van der Waals surface area contributed by atoms with E-state index in [9.17, 15) is 4.79 Å². The van der Waals surface area contributed by atoms with Crippen molar-refractivity contribution in [2.45, 2.75) is 39.8 Å². The number of rotatable bonds is 2. The molecule has 0 aliphatic carbocycles. The van der Waals surface area contributed by atoms with Crippen molar-refractivity contribution < 1.29 is 9.53 Å². The summed E-state index contributed by atoms with van der Waals surface area (Å²) in [7, 11) is 0. The summed E-state index contributed by atoms with van der Waals surface area (Å²) >= 11 is 0. The summed E-state index contributed by atoms with van der Waals surface area (Å²) in [5.41, 5.74) is 8.86. The summed E-state index contributed by atoms with van der Waals surface area (Å²) in [6, 6.07) is 6.37. The Morgan fingerprint density at radius 2 is 1.86 bits per heavy atom. The lowest BCUT2D eigenvalue weighted by molar-refractivity contribution is 0.0240. The first-order chi connectivity index (χ1) is 10.3. The second-order valence-corrected chi connectivity index (χ2v) is 6.77. The molecule has 1 heterocycles. The molecule has 1 aliphatic rings. The number of hydrogen-bond acceptors (Lipinski definition) is 4. The topological polar surface area (TPSA) is 58.8 Å². The fraction of sp³-hybridized carbons (Fsp3) is 0.588. The van der Waals surface area contributed by atoms with Gasteiger partial charge < -0.3 is 20.3 Å². The molecule has 22 heavy (non-hydrogen) atoms. The van der Waals surface area contributed by atoms with Gasteiger partial charge in [0.25, 0.3) is 0 Å². The Hall–Kier alpha value is -1.75. The molecule has 0 bridgehead atoms. The number of ether oxygens (including phenoxy) is 1. The summed E-state index contributed by atoms with van der Waals surface area (Å²) in [6.45, 7) is 11.3. The van der Waals surface area contributed by atoms with E-state index in [2.05, 4.69) is 30.0 Å². The standard InChI is InChI=1S/C17H27N3O2/c1-13-11-15(6-5-14(13)12-18)19-7-9-20(10-8-19)16(21)22-17(2,3)4/h5-6,11H,7-10,12,18H2,1-4H3. The Balaban J connectivity index is 1.94. The van der Waals surface area contributed by atoms with Gasteiger partial charge in [-0.25, -0.2) is 4.79 Å². The average Bonchev–Trinajstić information content (AvgIpc) is 2.45. The number of anilines is 1. The minimum Gasteiger partial charge on any atom is -0.444 e. The van der Waals surface area contributed by atoms with Crippen molar-refractivity contribution in [1.29, 1.82) is 0 Å². The molecular formula is C17H27N3O2. The highest BCUT2D eigenvalue weighted by molar-refractivity contribution is 5.68. The van der Waals surface area contributed by atoms with Crippen molar-refractivity contribution in [2.24, 2.45) is 5.73 Å². The number of carbonyl (C=O) groups excluding carboxylic acids is 1. The molecule has 1 saturated heterocycles. The van der Waals surface area contributed by atoms with Gasteiger partial charge in [-0.05, 0) is 51.0 Å². The highest BCUT2D eigenvalue weighted by Crippen LogP contribution is 2.21. The first-order valence-electron chi connectivity index (χ1n) is 7.82. The van der Waals surface area contributed by atoms with Crippen LogP contribution in [0.5, 0.6) is 0 Å². The zero-order valence-corrected chi connectivity index (χ0v) is 14.1. The van der Waals surface area contributed by atoms with Crippen molar-refractivity contribution in [3.8, 4) is 0 Å². The Bertz CT molecular complexity index is 529. The van der Waals surface area contributed by atoms with Crippen molar-refractivity contribution in [2.75, 3.05) is 31.1 Å². The molecule has 1 aliphatic heterocycles. The molecule has 1 fully saturated rings. The summed E-state index contributed by atoms with van der Waals surface area (Å²) in [5, 5.41) is 0. The number of nitrogens with two attached hydrogens (primary N) is 1. The van der Waals surface area contributed by atoms with Crippen LogP contribution in [0.3, 0.4) is 0 Å². The highest BCUT2D eigenvalue weighted by atomic mass is 16.6. The van der Waals surface area contributed by atoms with E-state index in [1.165, 1.54) is 16.8 Å². The SMILES string of the molecule is Cc1cc(N2CCN(C(=O)OC(C)(C)C)CC2)ccc1CN. The Morgan fingerprint density at radius 3 is 2.36 bits per heavy atom. The smallest absolute Gasteiger partial charge is 0.410 e. The molecular weight excluding hydrogens is 278 g/mol. The number of amides is 1. The van der Waals surface area contributed by atoms with Crippen LogP contribution in [0, 0.1) is 6.92 Å². The third kappa shape index (κ3) is 4.13. The second-order valence-electron chi connectivity index (χ2n) is 6.77. The van der Waals surface area contributed by atoms with Crippen LogP contribution in [-0.4, -0.2) is 42.8 Å². The molecule has 0 unspecified atom stereocenters. The normalized spacial score (nSPS) is 15.9. The van der Waals surface area contributed by atoms with Gasteiger partial charge in [-0.1, -0.05) is 6.07 Å². The Kier molecular flexibility index (Phi) is 4.96. The van der Waals surface area contributed by atoms with Crippen LogP contribution in [0.15, 0.2) is 18.2 Å². The summed E-state index contributed by atoms with van der Waals surface area (Å²) in [5.74, 6) is 0. The number of hydrogen-bond donors (Lipinski definition) is 1. The number of nitrogens with zero attached hydrogens (tertiary/aromatic N) is 2. The number of carbonyl (C=O) groups is 1.